The maximum Gasteiger partial charge on any atom is 0.240 e. The van der Waals surface area contributed by atoms with Gasteiger partial charge in [-0.1, -0.05) is 13.8 Å². The predicted octanol–water partition coefficient (Wildman–Crippen LogP) is 1.36. The van der Waals surface area contributed by atoms with Gasteiger partial charge in [0.05, 0.1) is 11.9 Å². The minimum atomic E-state index is -3.61. The van der Waals surface area contributed by atoms with Crippen LogP contribution < -0.4 is 9.62 Å². The van der Waals surface area contributed by atoms with Crippen LogP contribution in [-0.4, -0.2) is 33.7 Å². The second-order valence-electron chi connectivity index (χ2n) is 4.94. The zero-order valence-corrected chi connectivity index (χ0v) is 12.6. The molecular weight excluding hydrogens is 283 g/mol. The number of sulfonamides is 1. The first-order chi connectivity index (χ1) is 9.20. The van der Waals surface area contributed by atoms with Crippen molar-refractivity contribution in [2.45, 2.75) is 13.8 Å². The second kappa shape index (κ2) is 6.69. The smallest absolute Gasteiger partial charge is 0.240 e. The number of rotatable bonds is 6. The van der Waals surface area contributed by atoms with E-state index >= 15 is 0 Å². The summed E-state index contributed by atoms with van der Waals surface area (Å²) in [5.41, 5.74) is 0.258. The minimum absolute atomic E-state index is 0.258. The van der Waals surface area contributed by atoms with E-state index in [2.05, 4.69) is 5.32 Å². The highest BCUT2D eigenvalue weighted by molar-refractivity contribution is 7.92. The molecular formula is C13H19FN2O3S. The van der Waals surface area contributed by atoms with Crippen LogP contribution in [0.1, 0.15) is 13.8 Å². The number of amides is 1. The number of nitrogens with zero attached hydrogens (tertiary/aromatic N) is 1. The molecule has 0 fully saturated rings. The molecule has 0 aliphatic heterocycles. The molecule has 0 saturated heterocycles. The fourth-order valence-electron chi connectivity index (χ4n) is 1.51. The Hall–Kier alpha value is -1.63. The van der Waals surface area contributed by atoms with E-state index in [0.717, 1.165) is 22.7 Å². The zero-order chi connectivity index (χ0) is 15.3. The Morgan fingerprint density at radius 1 is 1.30 bits per heavy atom. The highest BCUT2D eigenvalue weighted by Gasteiger charge is 2.20. The van der Waals surface area contributed by atoms with Crippen LogP contribution in [0.2, 0.25) is 0 Å². The molecule has 0 aliphatic rings. The van der Waals surface area contributed by atoms with Crippen molar-refractivity contribution in [3.8, 4) is 0 Å². The highest BCUT2D eigenvalue weighted by atomic mass is 32.2. The number of nitrogens with one attached hydrogen (secondary N) is 1. The number of benzene rings is 1. The van der Waals surface area contributed by atoms with Crippen molar-refractivity contribution in [1.29, 1.82) is 0 Å². The van der Waals surface area contributed by atoms with Crippen molar-refractivity contribution in [3.63, 3.8) is 0 Å². The average Bonchev–Trinajstić information content (AvgIpc) is 2.33. The van der Waals surface area contributed by atoms with Crippen LogP contribution in [0.25, 0.3) is 0 Å². The monoisotopic (exact) mass is 302 g/mol. The van der Waals surface area contributed by atoms with Crippen LogP contribution in [0.15, 0.2) is 24.3 Å². The van der Waals surface area contributed by atoms with Gasteiger partial charge in [-0.2, -0.15) is 0 Å². The lowest BCUT2D eigenvalue weighted by Crippen LogP contribution is -2.41. The van der Waals surface area contributed by atoms with Gasteiger partial charge >= 0.3 is 0 Å². The van der Waals surface area contributed by atoms with Crippen LogP contribution in [0.3, 0.4) is 0 Å². The highest BCUT2D eigenvalue weighted by Crippen LogP contribution is 2.17. The van der Waals surface area contributed by atoms with E-state index in [4.69, 9.17) is 0 Å². The fraction of sp³-hybridized carbons (Fsp3) is 0.462. The molecule has 0 spiro atoms. The van der Waals surface area contributed by atoms with Crippen LogP contribution in [0.5, 0.6) is 0 Å². The van der Waals surface area contributed by atoms with E-state index in [0.29, 0.717) is 6.54 Å². The lowest BCUT2D eigenvalue weighted by atomic mass is 10.2. The third kappa shape index (κ3) is 5.16. The molecule has 0 bridgehead atoms. The molecule has 0 atom stereocenters. The number of carbonyl (C=O) groups excluding carboxylic acids is 1. The third-order valence-electron chi connectivity index (χ3n) is 2.51. The summed E-state index contributed by atoms with van der Waals surface area (Å²) in [5, 5.41) is 2.65. The largest absolute Gasteiger partial charge is 0.354 e. The summed E-state index contributed by atoms with van der Waals surface area (Å²) < 4.78 is 37.3. The van der Waals surface area contributed by atoms with Gasteiger partial charge in [0, 0.05) is 6.54 Å². The summed E-state index contributed by atoms with van der Waals surface area (Å²) >= 11 is 0. The molecule has 1 N–H and O–H groups in total. The first kappa shape index (κ1) is 16.4. The average molecular weight is 302 g/mol. The number of hydrogen-bond acceptors (Lipinski definition) is 3. The first-order valence-electron chi connectivity index (χ1n) is 6.20. The zero-order valence-electron chi connectivity index (χ0n) is 11.8. The lowest BCUT2D eigenvalue weighted by molar-refractivity contribution is -0.119. The van der Waals surface area contributed by atoms with Crippen LogP contribution in [-0.2, 0) is 14.8 Å². The summed E-state index contributed by atoms with van der Waals surface area (Å²) in [5.74, 6) is -0.587. The normalized spacial score (nSPS) is 11.4. The number of anilines is 1. The van der Waals surface area contributed by atoms with E-state index in [1.807, 2.05) is 13.8 Å². The second-order valence-corrected chi connectivity index (χ2v) is 6.85. The molecule has 0 saturated carbocycles. The van der Waals surface area contributed by atoms with Crippen LogP contribution in [0.4, 0.5) is 10.1 Å². The molecule has 7 heteroatoms. The summed E-state index contributed by atoms with van der Waals surface area (Å²) in [6, 6.07) is 4.96. The van der Waals surface area contributed by atoms with Gasteiger partial charge in [0.2, 0.25) is 15.9 Å². The molecule has 112 valence electrons. The Morgan fingerprint density at radius 3 is 2.30 bits per heavy atom. The molecule has 1 aromatic rings. The van der Waals surface area contributed by atoms with Crippen molar-refractivity contribution < 1.29 is 17.6 Å². The van der Waals surface area contributed by atoms with Gasteiger partial charge in [-0.15, -0.1) is 0 Å². The quantitative estimate of drug-likeness (QED) is 0.863. The molecule has 1 rings (SSSR count). The SMILES string of the molecule is CC(C)CNC(=O)CN(c1ccc(F)cc1)S(C)(=O)=O. The van der Waals surface area contributed by atoms with Crippen molar-refractivity contribution >= 4 is 21.6 Å². The Kier molecular flexibility index (Phi) is 5.50. The summed E-state index contributed by atoms with van der Waals surface area (Å²) in [4.78, 5) is 11.8. The molecule has 5 nitrogen and oxygen atoms in total. The number of halogens is 1. The topological polar surface area (TPSA) is 66.5 Å². The minimum Gasteiger partial charge on any atom is -0.354 e. The molecule has 0 radical (unpaired) electrons. The van der Waals surface area contributed by atoms with E-state index in [1.54, 1.807) is 0 Å². The summed E-state index contributed by atoms with van der Waals surface area (Å²) in [7, 11) is -3.61. The standard InChI is InChI=1S/C13H19FN2O3S/c1-10(2)8-15-13(17)9-16(20(3,18)19)12-6-4-11(14)5-7-12/h4-7,10H,8-9H2,1-3H3,(H,15,17). The van der Waals surface area contributed by atoms with Gasteiger partial charge in [-0.3, -0.25) is 9.10 Å². The Bertz CT molecular complexity index is 555. The van der Waals surface area contributed by atoms with Gasteiger partial charge in [0.25, 0.3) is 0 Å². The molecule has 1 amide bonds. The molecule has 1 aromatic carbocycles. The molecule has 20 heavy (non-hydrogen) atoms. The number of carbonyl (C=O) groups is 1. The van der Waals surface area contributed by atoms with Gasteiger partial charge in [0.1, 0.15) is 12.4 Å². The molecule has 0 aliphatic carbocycles. The number of hydrogen-bond donors (Lipinski definition) is 1. The third-order valence-corrected chi connectivity index (χ3v) is 3.65. The van der Waals surface area contributed by atoms with E-state index in [1.165, 1.54) is 12.1 Å². The molecule has 0 aromatic heterocycles. The van der Waals surface area contributed by atoms with Gasteiger partial charge in [0.15, 0.2) is 0 Å². The first-order valence-corrected chi connectivity index (χ1v) is 8.05. The van der Waals surface area contributed by atoms with Crippen molar-refractivity contribution in [1.82, 2.24) is 5.32 Å². The Balaban J connectivity index is 2.87. The van der Waals surface area contributed by atoms with Crippen molar-refractivity contribution in [2.75, 3.05) is 23.7 Å². The van der Waals surface area contributed by atoms with Crippen molar-refractivity contribution in [3.05, 3.63) is 30.1 Å². The maximum atomic E-state index is 12.9. The van der Waals surface area contributed by atoms with E-state index in [9.17, 15) is 17.6 Å². The van der Waals surface area contributed by atoms with Gasteiger partial charge < -0.3 is 5.32 Å². The molecule has 0 unspecified atom stereocenters. The van der Waals surface area contributed by atoms with E-state index < -0.39 is 21.7 Å². The Labute approximate surface area is 118 Å². The van der Waals surface area contributed by atoms with Gasteiger partial charge in [-0.05, 0) is 30.2 Å². The molecule has 0 heterocycles. The van der Waals surface area contributed by atoms with Crippen molar-refractivity contribution in [2.24, 2.45) is 5.92 Å². The summed E-state index contributed by atoms with van der Waals surface area (Å²) in [6.07, 6.45) is 1.01. The van der Waals surface area contributed by atoms with Crippen LogP contribution in [0, 0.1) is 11.7 Å². The lowest BCUT2D eigenvalue weighted by Gasteiger charge is -2.22. The predicted molar refractivity (Wildman–Crippen MR) is 76.4 cm³/mol. The van der Waals surface area contributed by atoms with Crippen LogP contribution >= 0.6 is 0 Å². The fourth-order valence-corrected chi connectivity index (χ4v) is 2.37. The summed E-state index contributed by atoms with van der Waals surface area (Å²) in [6.45, 7) is 4.03. The maximum absolute atomic E-state index is 12.9. The van der Waals surface area contributed by atoms with Gasteiger partial charge in [-0.25, -0.2) is 12.8 Å². The van der Waals surface area contributed by atoms with E-state index in [-0.39, 0.29) is 18.2 Å². The Morgan fingerprint density at radius 2 is 1.85 bits per heavy atom.